The normalized spacial score (nSPS) is 11.8. The average molecular weight is 387 g/mol. The van der Waals surface area contributed by atoms with Crippen LogP contribution in [0.2, 0.25) is 0 Å². The van der Waals surface area contributed by atoms with Crippen LogP contribution in [0, 0.1) is 0 Å². The van der Waals surface area contributed by atoms with Crippen molar-refractivity contribution in [3.63, 3.8) is 0 Å². The highest BCUT2D eigenvalue weighted by Crippen LogP contribution is 2.36. The molecule has 0 saturated carbocycles. The van der Waals surface area contributed by atoms with Crippen molar-refractivity contribution < 1.29 is 4.42 Å². The Morgan fingerprint density at radius 2 is 1.83 bits per heavy atom. The van der Waals surface area contributed by atoms with Gasteiger partial charge in [-0.1, -0.05) is 34.1 Å². The number of nitrogens with zero attached hydrogens (tertiary/aromatic N) is 3. The van der Waals surface area contributed by atoms with Gasteiger partial charge in [-0.25, -0.2) is 0 Å². The molecule has 2 aromatic carbocycles. The fourth-order valence-corrected chi connectivity index (χ4v) is 3.02. The van der Waals surface area contributed by atoms with Crippen LogP contribution in [0.25, 0.3) is 10.8 Å². The van der Waals surface area contributed by atoms with Gasteiger partial charge >= 0.3 is 0 Å². The monoisotopic (exact) mass is 386 g/mol. The highest BCUT2D eigenvalue weighted by Gasteiger charge is 2.20. The molecule has 0 saturated heterocycles. The molecular weight excluding hydrogens is 368 g/mol. The van der Waals surface area contributed by atoms with Gasteiger partial charge in [-0.15, -0.1) is 0 Å². The van der Waals surface area contributed by atoms with E-state index in [0.29, 0.717) is 11.8 Å². The van der Waals surface area contributed by atoms with Gasteiger partial charge in [0.1, 0.15) is 6.26 Å². The Bertz CT molecular complexity index is 901. The maximum absolute atomic E-state index is 6.19. The second-order valence-corrected chi connectivity index (χ2v) is 6.52. The fourth-order valence-electron chi connectivity index (χ4n) is 2.55. The highest BCUT2D eigenvalue weighted by atomic mass is 79.9. The summed E-state index contributed by atoms with van der Waals surface area (Å²) in [6, 6.07) is 14.0. The molecule has 0 unspecified atom stereocenters. The van der Waals surface area contributed by atoms with Crippen LogP contribution in [0.1, 0.15) is 0 Å². The van der Waals surface area contributed by atoms with Crippen molar-refractivity contribution in [1.82, 2.24) is 0 Å². The molecule has 0 radical (unpaired) electrons. The van der Waals surface area contributed by atoms with Crippen molar-refractivity contribution in [2.45, 2.75) is 0 Å². The quantitative estimate of drug-likeness (QED) is 0.537. The van der Waals surface area contributed by atoms with Crippen LogP contribution < -0.4 is 15.5 Å². The summed E-state index contributed by atoms with van der Waals surface area (Å²) < 4.78 is 6.78. The first-order valence-corrected chi connectivity index (χ1v) is 8.27. The third-order valence-electron chi connectivity index (χ3n) is 3.79. The lowest BCUT2D eigenvalue weighted by atomic mass is 10.2. The molecule has 1 heterocycles. The van der Waals surface area contributed by atoms with E-state index >= 15 is 0 Å². The van der Waals surface area contributed by atoms with Crippen molar-refractivity contribution in [3.05, 3.63) is 53.2 Å². The standard InChI is InChI=1S/C18H19BrN4O/c1-21-18(20)23(15-9-13(19)8-14(10-15)22(2)3)17-16-7-5-4-6-12(16)11-24-17/h4-11H,1-3H3,(H2,20,21). The van der Waals surface area contributed by atoms with Crippen molar-refractivity contribution in [3.8, 4) is 0 Å². The molecule has 0 bridgehead atoms. The highest BCUT2D eigenvalue weighted by molar-refractivity contribution is 9.10. The summed E-state index contributed by atoms with van der Waals surface area (Å²) in [4.78, 5) is 8.02. The van der Waals surface area contributed by atoms with Crippen LogP contribution in [0.15, 0.2) is 62.6 Å². The van der Waals surface area contributed by atoms with E-state index in [-0.39, 0.29) is 0 Å². The van der Waals surface area contributed by atoms with E-state index in [1.54, 1.807) is 13.3 Å². The van der Waals surface area contributed by atoms with Crippen LogP contribution in [-0.4, -0.2) is 27.1 Å². The molecule has 124 valence electrons. The summed E-state index contributed by atoms with van der Waals surface area (Å²) in [5, 5.41) is 2.00. The molecule has 6 heteroatoms. The van der Waals surface area contributed by atoms with Crippen molar-refractivity contribution in [2.24, 2.45) is 10.7 Å². The first-order chi connectivity index (χ1) is 11.5. The minimum absolute atomic E-state index is 0.359. The smallest absolute Gasteiger partial charge is 0.214 e. The Morgan fingerprint density at radius 1 is 1.12 bits per heavy atom. The number of hydrogen-bond donors (Lipinski definition) is 1. The molecule has 0 amide bonds. The first-order valence-electron chi connectivity index (χ1n) is 7.48. The second-order valence-electron chi connectivity index (χ2n) is 5.61. The van der Waals surface area contributed by atoms with E-state index in [0.717, 1.165) is 26.6 Å². The number of fused-ring (bicyclic) bond motifs is 1. The van der Waals surface area contributed by atoms with Gasteiger partial charge < -0.3 is 15.1 Å². The Morgan fingerprint density at radius 3 is 2.54 bits per heavy atom. The zero-order chi connectivity index (χ0) is 17.3. The molecule has 24 heavy (non-hydrogen) atoms. The van der Waals surface area contributed by atoms with Crippen LogP contribution in [0.5, 0.6) is 0 Å². The van der Waals surface area contributed by atoms with Gasteiger partial charge in [-0.2, -0.15) is 0 Å². The van der Waals surface area contributed by atoms with Crippen LogP contribution in [0.3, 0.4) is 0 Å². The maximum atomic E-state index is 6.19. The number of furan rings is 1. The average Bonchev–Trinajstić information content (AvgIpc) is 2.98. The molecule has 0 aliphatic heterocycles. The number of halogens is 1. The van der Waals surface area contributed by atoms with Gasteiger partial charge in [0.2, 0.25) is 11.8 Å². The zero-order valence-electron chi connectivity index (χ0n) is 13.8. The van der Waals surface area contributed by atoms with Crippen molar-refractivity contribution in [1.29, 1.82) is 0 Å². The van der Waals surface area contributed by atoms with E-state index in [9.17, 15) is 0 Å². The minimum Gasteiger partial charge on any atom is -0.447 e. The predicted octanol–water partition coefficient (Wildman–Crippen LogP) is 4.34. The zero-order valence-corrected chi connectivity index (χ0v) is 15.4. The summed E-state index contributed by atoms with van der Waals surface area (Å²) >= 11 is 3.57. The number of hydrogen-bond acceptors (Lipinski definition) is 3. The van der Waals surface area contributed by atoms with E-state index < -0.39 is 0 Å². The minimum atomic E-state index is 0.359. The van der Waals surface area contributed by atoms with Gasteiger partial charge in [0, 0.05) is 42.1 Å². The second kappa shape index (κ2) is 6.57. The molecule has 1 aromatic heterocycles. The number of benzene rings is 2. The molecule has 0 aliphatic carbocycles. The largest absolute Gasteiger partial charge is 0.447 e. The lowest BCUT2D eigenvalue weighted by Gasteiger charge is -2.23. The first kappa shape index (κ1) is 16.4. The fraction of sp³-hybridized carbons (Fsp3) is 0.167. The summed E-state index contributed by atoms with van der Waals surface area (Å²) in [5.41, 5.74) is 8.11. The van der Waals surface area contributed by atoms with Gasteiger partial charge in [-0.3, -0.25) is 9.89 Å². The van der Waals surface area contributed by atoms with Gasteiger partial charge in [0.15, 0.2) is 0 Å². The third-order valence-corrected chi connectivity index (χ3v) is 4.25. The number of nitrogens with two attached hydrogens (primary N) is 1. The van der Waals surface area contributed by atoms with E-state index in [1.807, 2.05) is 66.4 Å². The lowest BCUT2D eigenvalue weighted by molar-refractivity contribution is 0.580. The van der Waals surface area contributed by atoms with Crippen LogP contribution >= 0.6 is 15.9 Å². The van der Waals surface area contributed by atoms with Crippen LogP contribution in [0.4, 0.5) is 17.3 Å². The summed E-state index contributed by atoms with van der Waals surface area (Å²) in [7, 11) is 5.66. The molecule has 3 aromatic rings. The Balaban J connectivity index is 2.22. The lowest BCUT2D eigenvalue weighted by Crippen LogP contribution is -2.33. The summed E-state index contributed by atoms with van der Waals surface area (Å²) in [6.07, 6.45) is 1.73. The third kappa shape index (κ3) is 2.97. The topological polar surface area (TPSA) is 58.0 Å². The molecule has 5 nitrogen and oxygen atoms in total. The Hall–Kier alpha value is -2.47. The van der Waals surface area contributed by atoms with Crippen molar-refractivity contribution in [2.75, 3.05) is 30.9 Å². The number of rotatable bonds is 3. The number of anilines is 3. The van der Waals surface area contributed by atoms with Gasteiger partial charge in [0.05, 0.1) is 5.69 Å². The van der Waals surface area contributed by atoms with Crippen LogP contribution in [-0.2, 0) is 0 Å². The van der Waals surface area contributed by atoms with Crippen molar-refractivity contribution >= 4 is 49.9 Å². The van der Waals surface area contributed by atoms with Gasteiger partial charge in [0.25, 0.3) is 0 Å². The van der Waals surface area contributed by atoms with Gasteiger partial charge in [-0.05, 0) is 24.3 Å². The molecule has 0 atom stereocenters. The Labute approximate surface area is 149 Å². The molecule has 0 aliphatic rings. The number of guanidine groups is 1. The van der Waals surface area contributed by atoms with E-state index in [4.69, 9.17) is 10.2 Å². The Kier molecular flexibility index (Phi) is 4.49. The maximum Gasteiger partial charge on any atom is 0.214 e. The molecular formula is C18H19BrN4O. The molecule has 0 fully saturated rings. The van der Waals surface area contributed by atoms with E-state index in [2.05, 4.69) is 20.9 Å². The summed E-state index contributed by atoms with van der Waals surface area (Å²) in [6.45, 7) is 0. The predicted molar refractivity (Wildman–Crippen MR) is 104 cm³/mol. The number of aliphatic imine (C=N–C) groups is 1. The SMILES string of the molecule is CN=C(N)N(c1cc(Br)cc(N(C)C)c1)c1occ2ccccc12. The molecule has 2 N–H and O–H groups in total. The molecule has 0 spiro atoms. The van der Waals surface area contributed by atoms with E-state index in [1.165, 1.54) is 0 Å². The summed E-state index contributed by atoms with van der Waals surface area (Å²) in [5.74, 6) is 1.01. The molecule has 3 rings (SSSR count).